The minimum Gasteiger partial charge on any atom is -0.371 e. The van der Waals surface area contributed by atoms with Crippen molar-refractivity contribution in [2.75, 3.05) is 23.7 Å². The third kappa shape index (κ3) is 8.76. The summed E-state index contributed by atoms with van der Waals surface area (Å²) in [5, 5.41) is 14.4. The Morgan fingerprint density at radius 3 is 2.21 bits per heavy atom. The molecule has 1 aromatic heterocycles. The Balaban J connectivity index is 1.42. The summed E-state index contributed by atoms with van der Waals surface area (Å²) in [6.45, 7) is 16.6. The molecule has 1 atom stereocenters. The van der Waals surface area contributed by atoms with Gasteiger partial charge in [0.1, 0.15) is 5.82 Å². The molecule has 47 heavy (non-hydrogen) atoms. The number of nitrogens with one attached hydrogen (secondary N) is 3. The number of para-hydroxylation sites is 1. The van der Waals surface area contributed by atoms with E-state index in [-0.39, 0.29) is 22.7 Å². The number of rotatable bonds is 9. The van der Waals surface area contributed by atoms with E-state index in [0.717, 1.165) is 54.0 Å². The van der Waals surface area contributed by atoms with E-state index in [1.807, 2.05) is 107 Å². The van der Waals surface area contributed by atoms with Crippen LogP contribution in [0.5, 0.6) is 0 Å². The molecule has 3 aromatic carbocycles. The fraction of sp³-hybridized carbons (Fsp3) is 0.410. The lowest BCUT2D eigenvalue weighted by Crippen LogP contribution is -2.34. The lowest BCUT2D eigenvalue weighted by molar-refractivity contribution is -0.0149. The van der Waals surface area contributed by atoms with Crippen LogP contribution in [0.25, 0.3) is 5.69 Å². The van der Waals surface area contributed by atoms with Crippen LogP contribution in [0.2, 0.25) is 0 Å². The number of amides is 2. The Kier molecular flexibility index (Phi) is 10.3. The van der Waals surface area contributed by atoms with Gasteiger partial charge in [0.25, 0.3) is 0 Å². The number of piperidine rings is 1. The topological polar surface area (TPSA) is 97.3 Å². The highest BCUT2D eigenvalue weighted by atomic mass is 16.5. The summed E-state index contributed by atoms with van der Waals surface area (Å²) in [5.74, 6) is 0.351. The molecule has 1 unspecified atom stereocenters. The lowest BCUT2D eigenvalue weighted by Gasteiger charge is -2.31. The zero-order valence-electron chi connectivity index (χ0n) is 28.8. The second-order valence-electron chi connectivity index (χ2n) is 14.6. The highest BCUT2D eigenvalue weighted by Crippen LogP contribution is 2.38. The zero-order valence-corrected chi connectivity index (χ0v) is 28.8. The molecule has 0 aliphatic carbocycles. The minimum atomic E-state index is -0.407. The van der Waals surface area contributed by atoms with Crippen molar-refractivity contribution in [3.63, 3.8) is 0 Å². The van der Waals surface area contributed by atoms with E-state index in [0.29, 0.717) is 23.7 Å². The molecule has 0 spiro atoms. The molecule has 3 N–H and O–H groups in total. The van der Waals surface area contributed by atoms with Crippen LogP contribution in [0.15, 0.2) is 78.9 Å². The minimum absolute atomic E-state index is 0.0575. The molecule has 0 bridgehead atoms. The normalized spacial score (nSPS) is 14.9. The van der Waals surface area contributed by atoms with Gasteiger partial charge in [0.15, 0.2) is 5.78 Å². The number of hydrogen-bond acceptors (Lipinski definition) is 5. The number of Topliss-reactive ketones (excluding diaryl/α,β-unsaturated/α-hetero) is 1. The second-order valence-corrected chi connectivity index (χ2v) is 14.6. The van der Waals surface area contributed by atoms with E-state index in [9.17, 15) is 9.59 Å². The van der Waals surface area contributed by atoms with Crippen molar-refractivity contribution in [2.24, 2.45) is 5.92 Å². The van der Waals surface area contributed by atoms with E-state index < -0.39 is 11.9 Å². The molecule has 0 saturated carbocycles. The Hall–Kier alpha value is -4.27. The van der Waals surface area contributed by atoms with Crippen LogP contribution in [-0.4, -0.2) is 40.3 Å². The summed E-state index contributed by atoms with van der Waals surface area (Å²) >= 11 is 0. The molecular weight excluding hydrogens is 586 g/mol. The van der Waals surface area contributed by atoms with Gasteiger partial charge in [-0.2, -0.15) is 5.10 Å². The first-order valence-corrected chi connectivity index (χ1v) is 16.6. The second kappa shape index (κ2) is 14.2. The molecule has 8 heteroatoms. The molecule has 5 rings (SSSR count). The van der Waals surface area contributed by atoms with Crippen molar-refractivity contribution in [1.29, 1.82) is 0 Å². The van der Waals surface area contributed by atoms with Crippen molar-refractivity contribution in [2.45, 2.75) is 84.8 Å². The molecule has 0 radical (unpaired) electrons. The molecular formula is C39H49N5O3. The van der Waals surface area contributed by atoms with Gasteiger partial charge in [0.05, 0.1) is 29.5 Å². The van der Waals surface area contributed by atoms with Crippen LogP contribution in [-0.2, 0) is 16.8 Å². The van der Waals surface area contributed by atoms with Gasteiger partial charge in [0.2, 0.25) is 0 Å². The monoisotopic (exact) mass is 635 g/mol. The molecule has 2 amide bonds. The number of nitrogens with zero attached hydrogens (tertiary/aromatic N) is 2. The Bertz CT molecular complexity index is 1670. The summed E-state index contributed by atoms with van der Waals surface area (Å²) in [6.07, 6.45) is 1.75. The number of carbonyl (C=O) groups excluding carboxylic acids is 2. The van der Waals surface area contributed by atoms with Gasteiger partial charge in [0, 0.05) is 22.7 Å². The highest BCUT2D eigenvalue weighted by Gasteiger charge is 2.33. The van der Waals surface area contributed by atoms with E-state index in [4.69, 9.17) is 9.84 Å². The Morgan fingerprint density at radius 2 is 1.57 bits per heavy atom. The van der Waals surface area contributed by atoms with Gasteiger partial charge in [-0.3, -0.25) is 10.1 Å². The van der Waals surface area contributed by atoms with Gasteiger partial charge in [-0.15, -0.1) is 0 Å². The largest absolute Gasteiger partial charge is 0.371 e. The van der Waals surface area contributed by atoms with E-state index in [1.165, 1.54) is 0 Å². The number of carbonyl (C=O) groups is 2. The molecule has 8 nitrogen and oxygen atoms in total. The maximum absolute atomic E-state index is 14.3. The third-order valence-electron chi connectivity index (χ3n) is 8.59. The van der Waals surface area contributed by atoms with E-state index >= 15 is 0 Å². The highest BCUT2D eigenvalue weighted by molar-refractivity contribution is 6.04. The number of anilines is 2. The van der Waals surface area contributed by atoms with Crippen molar-refractivity contribution in [3.05, 3.63) is 107 Å². The number of aromatic nitrogens is 2. The summed E-state index contributed by atoms with van der Waals surface area (Å²) < 4.78 is 7.70. The average Bonchev–Trinajstić information content (AvgIpc) is 3.46. The predicted octanol–water partition coefficient (Wildman–Crippen LogP) is 8.40. The predicted molar refractivity (Wildman–Crippen MR) is 190 cm³/mol. The Morgan fingerprint density at radius 1 is 0.915 bits per heavy atom. The van der Waals surface area contributed by atoms with E-state index in [2.05, 4.69) is 36.7 Å². The first-order valence-electron chi connectivity index (χ1n) is 16.6. The van der Waals surface area contributed by atoms with Crippen molar-refractivity contribution in [1.82, 2.24) is 15.1 Å². The van der Waals surface area contributed by atoms with Crippen LogP contribution in [0.1, 0.15) is 93.0 Å². The Labute approximate surface area is 279 Å². The van der Waals surface area contributed by atoms with Crippen LogP contribution in [0.3, 0.4) is 0 Å². The zero-order chi connectivity index (χ0) is 33.8. The number of hydrogen-bond donors (Lipinski definition) is 3. The van der Waals surface area contributed by atoms with Gasteiger partial charge in [-0.1, -0.05) is 80.9 Å². The molecule has 248 valence electrons. The summed E-state index contributed by atoms with van der Waals surface area (Å²) in [5.41, 5.74) is 5.52. The number of ketones is 1. The number of benzene rings is 3. The fourth-order valence-electron chi connectivity index (χ4n) is 5.90. The van der Waals surface area contributed by atoms with Gasteiger partial charge in [-0.25, -0.2) is 9.48 Å². The van der Waals surface area contributed by atoms with Crippen molar-refractivity contribution in [3.8, 4) is 5.69 Å². The van der Waals surface area contributed by atoms with Crippen LogP contribution in [0, 0.1) is 12.8 Å². The maximum Gasteiger partial charge on any atom is 0.324 e. The van der Waals surface area contributed by atoms with Crippen molar-refractivity contribution < 1.29 is 14.3 Å². The van der Waals surface area contributed by atoms with Crippen molar-refractivity contribution >= 4 is 23.3 Å². The quantitative estimate of drug-likeness (QED) is 0.161. The molecule has 1 aliphatic heterocycles. The molecule has 1 fully saturated rings. The first kappa shape index (κ1) is 34.1. The lowest BCUT2D eigenvalue weighted by atomic mass is 9.75. The third-order valence-corrected chi connectivity index (χ3v) is 8.59. The molecule has 2 heterocycles. The van der Waals surface area contributed by atoms with Crippen LogP contribution < -0.4 is 16.0 Å². The fourth-order valence-corrected chi connectivity index (χ4v) is 5.90. The summed E-state index contributed by atoms with van der Waals surface area (Å²) in [4.78, 5) is 28.0. The number of urea groups is 1. The van der Waals surface area contributed by atoms with E-state index in [1.54, 1.807) is 4.68 Å². The molecule has 1 aliphatic rings. The van der Waals surface area contributed by atoms with Crippen LogP contribution >= 0.6 is 0 Å². The average molecular weight is 636 g/mol. The maximum atomic E-state index is 14.3. The molecule has 1 saturated heterocycles. The number of ether oxygens (including phenoxy) is 1. The SMILES string of the molecule is Cc1ccc(-n2nc(C(C)(C)C)cc2NC(=O)Nc2ccccc2C(C(=O)c2ccc(COC(C)(C)C)cc2)C2CCNCC2)cc1. The summed E-state index contributed by atoms with van der Waals surface area (Å²) in [6, 6.07) is 25.0. The van der Waals surface area contributed by atoms with Gasteiger partial charge in [-0.05, 0) is 88.9 Å². The first-order chi connectivity index (χ1) is 22.3. The van der Waals surface area contributed by atoms with Gasteiger partial charge < -0.3 is 15.4 Å². The standard InChI is InChI=1S/C39H49N5O3/c1-26-12-18-30(19-13-26)44-34(24-33(43-44)38(2,3)4)42-37(46)41-32-11-9-8-10-31(32)35(28-20-22-40-23-21-28)36(45)29-16-14-27(15-17-29)25-47-39(5,6)7/h8-19,24,28,35,40H,20-23,25H2,1-7H3,(H2,41,42,46). The van der Waals surface area contributed by atoms with Crippen LogP contribution in [0.4, 0.5) is 16.3 Å². The van der Waals surface area contributed by atoms with Gasteiger partial charge >= 0.3 is 6.03 Å². The smallest absolute Gasteiger partial charge is 0.324 e. The molecule has 4 aromatic rings. The summed E-state index contributed by atoms with van der Waals surface area (Å²) in [7, 11) is 0. The number of aryl methyl sites for hydroxylation is 1.